The predicted octanol–water partition coefficient (Wildman–Crippen LogP) is 4.26. The van der Waals surface area contributed by atoms with Crippen LogP contribution < -0.4 is 4.74 Å². The van der Waals surface area contributed by atoms with E-state index in [1.54, 1.807) is 0 Å². The lowest BCUT2D eigenvalue weighted by Gasteiger charge is -2.26. The molecule has 1 aliphatic rings. The van der Waals surface area contributed by atoms with Crippen LogP contribution in [0.4, 0.5) is 0 Å². The van der Waals surface area contributed by atoms with Gasteiger partial charge in [-0.1, -0.05) is 13.0 Å². The van der Waals surface area contributed by atoms with E-state index in [1.165, 1.54) is 17.5 Å². The van der Waals surface area contributed by atoms with Gasteiger partial charge < -0.3 is 4.74 Å². The number of hydrogen-bond donors (Lipinski definition) is 0. The molecule has 0 saturated heterocycles. The second-order valence-electron chi connectivity index (χ2n) is 4.17. The third kappa shape index (κ3) is 2.12. The number of halogens is 1. The van der Waals surface area contributed by atoms with Gasteiger partial charge in [-0.3, -0.25) is 0 Å². The van der Waals surface area contributed by atoms with Crippen molar-refractivity contribution in [2.24, 2.45) is 0 Å². The lowest BCUT2D eigenvalue weighted by atomic mass is 9.83. The highest BCUT2D eigenvalue weighted by molar-refractivity contribution is 6.21. The van der Waals surface area contributed by atoms with E-state index in [1.807, 2.05) is 13.0 Å². The average Bonchev–Trinajstić information content (AvgIpc) is 2.24. The van der Waals surface area contributed by atoms with Gasteiger partial charge in [0, 0.05) is 0 Å². The molecule has 0 fully saturated rings. The van der Waals surface area contributed by atoms with Crippen LogP contribution in [0.3, 0.4) is 0 Å². The zero-order valence-corrected chi connectivity index (χ0v) is 10.1. The SMILES string of the molecule is CCOc1ccc2c(c1)C(Cl)CCC2C. The molecular formula is C13H17ClO. The van der Waals surface area contributed by atoms with Crippen LogP contribution in [0.25, 0.3) is 0 Å². The zero-order chi connectivity index (χ0) is 10.8. The lowest BCUT2D eigenvalue weighted by molar-refractivity contribution is 0.339. The molecule has 0 N–H and O–H groups in total. The van der Waals surface area contributed by atoms with E-state index in [9.17, 15) is 0 Å². The van der Waals surface area contributed by atoms with E-state index in [0.717, 1.165) is 12.2 Å². The van der Waals surface area contributed by atoms with Crippen LogP contribution in [-0.4, -0.2) is 6.61 Å². The molecule has 82 valence electrons. The van der Waals surface area contributed by atoms with Crippen molar-refractivity contribution in [2.75, 3.05) is 6.61 Å². The fourth-order valence-electron chi connectivity index (χ4n) is 2.24. The first-order valence-corrected chi connectivity index (χ1v) is 6.06. The highest BCUT2D eigenvalue weighted by Crippen LogP contribution is 2.41. The van der Waals surface area contributed by atoms with Crippen LogP contribution >= 0.6 is 11.6 Å². The Kier molecular flexibility index (Phi) is 3.20. The van der Waals surface area contributed by atoms with Gasteiger partial charge in [0.05, 0.1) is 12.0 Å². The fraction of sp³-hybridized carbons (Fsp3) is 0.538. The third-order valence-corrected chi connectivity index (χ3v) is 3.54. The fourth-order valence-corrected chi connectivity index (χ4v) is 2.55. The first-order valence-electron chi connectivity index (χ1n) is 5.63. The molecule has 0 heterocycles. The maximum Gasteiger partial charge on any atom is 0.119 e. The molecule has 2 atom stereocenters. The van der Waals surface area contributed by atoms with Crippen molar-refractivity contribution in [2.45, 2.75) is 38.0 Å². The quantitative estimate of drug-likeness (QED) is 0.682. The maximum atomic E-state index is 6.33. The van der Waals surface area contributed by atoms with Crippen molar-refractivity contribution in [3.05, 3.63) is 29.3 Å². The number of hydrogen-bond acceptors (Lipinski definition) is 1. The van der Waals surface area contributed by atoms with Crippen LogP contribution in [0, 0.1) is 0 Å². The second-order valence-corrected chi connectivity index (χ2v) is 4.70. The molecule has 0 radical (unpaired) electrons. The van der Waals surface area contributed by atoms with E-state index < -0.39 is 0 Å². The summed E-state index contributed by atoms with van der Waals surface area (Å²) in [6.45, 7) is 4.98. The van der Waals surface area contributed by atoms with Gasteiger partial charge in [-0.2, -0.15) is 0 Å². The molecule has 15 heavy (non-hydrogen) atoms. The predicted molar refractivity (Wildman–Crippen MR) is 63.9 cm³/mol. The minimum absolute atomic E-state index is 0.164. The lowest BCUT2D eigenvalue weighted by Crippen LogP contribution is -2.09. The number of alkyl halides is 1. The maximum absolute atomic E-state index is 6.33. The summed E-state index contributed by atoms with van der Waals surface area (Å²) in [6, 6.07) is 6.32. The number of benzene rings is 1. The van der Waals surface area contributed by atoms with Crippen LogP contribution in [-0.2, 0) is 0 Å². The smallest absolute Gasteiger partial charge is 0.119 e. The van der Waals surface area contributed by atoms with Gasteiger partial charge in [0.1, 0.15) is 5.75 Å². The Morgan fingerprint density at radius 1 is 1.33 bits per heavy atom. The molecule has 2 unspecified atom stereocenters. The first-order chi connectivity index (χ1) is 7.22. The van der Waals surface area contributed by atoms with Gasteiger partial charge in [0.2, 0.25) is 0 Å². The Morgan fingerprint density at radius 2 is 2.13 bits per heavy atom. The molecule has 2 heteroatoms. The van der Waals surface area contributed by atoms with E-state index in [4.69, 9.17) is 16.3 Å². The second kappa shape index (κ2) is 4.44. The molecule has 0 amide bonds. The summed E-state index contributed by atoms with van der Waals surface area (Å²) in [5.41, 5.74) is 2.66. The molecule has 1 aromatic rings. The summed E-state index contributed by atoms with van der Waals surface area (Å²) in [6.07, 6.45) is 2.26. The molecular weight excluding hydrogens is 208 g/mol. The van der Waals surface area contributed by atoms with Crippen LogP contribution in [0.2, 0.25) is 0 Å². The topological polar surface area (TPSA) is 9.23 Å². The van der Waals surface area contributed by atoms with Gasteiger partial charge in [0.15, 0.2) is 0 Å². The summed E-state index contributed by atoms with van der Waals surface area (Å²) in [5.74, 6) is 1.57. The number of ether oxygens (including phenoxy) is 1. The van der Waals surface area contributed by atoms with Crippen molar-refractivity contribution in [3.8, 4) is 5.75 Å². The van der Waals surface area contributed by atoms with Gasteiger partial charge in [-0.05, 0) is 48.9 Å². The van der Waals surface area contributed by atoms with E-state index in [-0.39, 0.29) is 5.38 Å². The highest BCUT2D eigenvalue weighted by Gasteiger charge is 2.23. The van der Waals surface area contributed by atoms with Gasteiger partial charge in [-0.15, -0.1) is 11.6 Å². The Bertz CT molecular complexity index is 348. The summed E-state index contributed by atoms with van der Waals surface area (Å²) < 4.78 is 5.50. The van der Waals surface area contributed by atoms with Crippen molar-refractivity contribution in [3.63, 3.8) is 0 Å². The Morgan fingerprint density at radius 3 is 2.87 bits per heavy atom. The van der Waals surface area contributed by atoms with E-state index in [2.05, 4.69) is 19.1 Å². The minimum Gasteiger partial charge on any atom is -0.494 e. The van der Waals surface area contributed by atoms with E-state index in [0.29, 0.717) is 12.5 Å². The molecule has 0 aliphatic heterocycles. The zero-order valence-electron chi connectivity index (χ0n) is 9.29. The number of fused-ring (bicyclic) bond motifs is 1. The summed E-state index contributed by atoms with van der Waals surface area (Å²) in [5, 5.41) is 0.164. The molecule has 1 aliphatic carbocycles. The minimum atomic E-state index is 0.164. The summed E-state index contributed by atoms with van der Waals surface area (Å²) in [4.78, 5) is 0. The van der Waals surface area contributed by atoms with Crippen molar-refractivity contribution in [1.82, 2.24) is 0 Å². The Balaban J connectivity index is 2.36. The Labute approximate surface area is 96.4 Å². The molecule has 1 aromatic carbocycles. The van der Waals surface area contributed by atoms with Crippen LogP contribution in [0.15, 0.2) is 18.2 Å². The molecule has 2 rings (SSSR count). The molecule has 0 spiro atoms. The van der Waals surface area contributed by atoms with Gasteiger partial charge in [0.25, 0.3) is 0 Å². The molecule has 0 saturated carbocycles. The largest absolute Gasteiger partial charge is 0.494 e. The molecule has 0 bridgehead atoms. The van der Waals surface area contributed by atoms with Crippen molar-refractivity contribution < 1.29 is 4.74 Å². The monoisotopic (exact) mass is 224 g/mol. The van der Waals surface area contributed by atoms with Gasteiger partial charge in [-0.25, -0.2) is 0 Å². The average molecular weight is 225 g/mol. The third-order valence-electron chi connectivity index (χ3n) is 3.09. The summed E-state index contributed by atoms with van der Waals surface area (Å²) in [7, 11) is 0. The number of rotatable bonds is 2. The normalized spacial score (nSPS) is 24.7. The van der Waals surface area contributed by atoms with Crippen molar-refractivity contribution in [1.29, 1.82) is 0 Å². The Hall–Kier alpha value is -0.690. The van der Waals surface area contributed by atoms with Crippen LogP contribution in [0.1, 0.15) is 49.1 Å². The highest BCUT2D eigenvalue weighted by atomic mass is 35.5. The first kappa shape index (κ1) is 10.8. The van der Waals surface area contributed by atoms with Crippen molar-refractivity contribution >= 4 is 11.6 Å². The molecule has 0 aromatic heterocycles. The summed E-state index contributed by atoms with van der Waals surface area (Å²) >= 11 is 6.33. The van der Waals surface area contributed by atoms with Gasteiger partial charge >= 0.3 is 0 Å². The van der Waals surface area contributed by atoms with E-state index >= 15 is 0 Å². The standard InChI is InChI=1S/C13H17ClO/c1-3-15-10-5-6-11-9(2)4-7-13(14)12(11)8-10/h5-6,8-9,13H,3-4,7H2,1-2H3. The van der Waals surface area contributed by atoms with Crippen LogP contribution in [0.5, 0.6) is 5.75 Å². The molecule has 1 nitrogen and oxygen atoms in total.